The van der Waals surface area contributed by atoms with Crippen LogP contribution in [0.4, 0.5) is 11.4 Å². The number of anilines is 2. The number of hydrogen-bond donors (Lipinski definition) is 2. The zero-order valence-electron chi connectivity index (χ0n) is 18.7. The second-order valence-electron chi connectivity index (χ2n) is 7.83. The lowest BCUT2D eigenvalue weighted by molar-refractivity contribution is -0.115. The zero-order chi connectivity index (χ0) is 23.2. The molecule has 0 aliphatic carbocycles. The minimum absolute atomic E-state index is 0.0341. The van der Waals surface area contributed by atoms with Gasteiger partial charge in [0.25, 0.3) is 5.91 Å². The Morgan fingerprint density at radius 2 is 1.58 bits per heavy atom. The number of amides is 2. The Balaban J connectivity index is 1.46. The average Bonchev–Trinajstić information content (AvgIpc) is 2.83. The molecule has 5 heteroatoms. The van der Waals surface area contributed by atoms with Gasteiger partial charge in [-0.3, -0.25) is 9.59 Å². The van der Waals surface area contributed by atoms with Gasteiger partial charge in [-0.2, -0.15) is 0 Å². The van der Waals surface area contributed by atoms with E-state index in [1.807, 2.05) is 105 Å². The molecule has 33 heavy (non-hydrogen) atoms. The van der Waals surface area contributed by atoms with Gasteiger partial charge in [0.05, 0.1) is 5.25 Å². The predicted molar refractivity (Wildman–Crippen MR) is 138 cm³/mol. The monoisotopic (exact) mass is 454 g/mol. The molecular weight excluding hydrogens is 428 g/mol. The molecule has 0 radical (unpaired) electrons. The van der Waals surface area contributed by atoms with E-state index >= 15 is 0 Å². The fraction of sp³-hybridized carbons (Fsp3) is 0.143. The number of thioether (sulfide) groups is 1. The van der Waals surface area contributed by atoms with Crippen LogP contribution in [0.25, 0.3) is 10.8 Å². The number of carbonyl (C=O) groups excluding carboxylic acids is 2. The second-order valence-corrected chi connectivity index (χ2v) is 9.10. The number of fused-ring (bicyclic) bond motifs is 1. The summed E-state index contributed by atoms with van der Waals surface area (Å²) < 4.78 is 0. The standard InChI is InChI=1S/C28H26N2O2S/c1-3-26(28(32)30-25-17-8-12-20-11-5-7-16-24(20)25)33-22-14-9-13-21(18-22)29-27(31)23-15-6-4-10-19(23)2/h4-18,26H,3H2,1-2H3,(H,29,31)(H,30,32). The van der Waals surface area contributed by atoms with Crippen LogP contribution in [0.5, 0.6) is 0 Å². The number of rotatable bonds is 7. The Morgan fingerprint density at radius 1 is 0.848 bits per heavy atom. The maximum absolute atomic E-state index is 13.1. The van der Waals surface area contributed by atoms with Gasteiger partial charge in [-0.1, -0.05) is 67.6 Å². The smallest absolute Gasteiger partial charge is 0.255 e. The first-order valence-corrected chi connectivity index (χ1v) is 11.9. The topological polar surface area (TPSA) is 58.2 Å². The largest absolute Gasteiger partial charge is 0.325 e. The fourth-order valence-electron chi connectivity index (χ4n) is 3.71. The van der Waals surface area contributed by atoms with Crippen molar-refractivity contribution >= 4 is 45.7 Å². The average molecular weight is 455 g/mol. The number of aryl methyl sites for hydroxylation is 1. The molecule has 0 aromatic heterocycles. The first kappa shape index (κ1) is 22.6. The van der Waals surface area contributed by atoms with Crippen molar-refractivity contribution in [1.82, 2.24) is 0 Å². The summed E-state index contributed by atoms with van der Waals surface area (Å²) in [4.78, 5) is 26.7. The molecule has 2 amide bonds. The van der Waals surface area contributed by atoms with E-state index in [4.69, 9.17) is 0 Å². The van der Waals surface area contributed by atoms with Crippen LogP contribution in [0, 0.1) is 6.92 Å². The first-order valence-electron chi connectivity index (χ1n) is 11.0. The number of nitrogens with one attached hydrogen (secondary N) is 2. The normalized spacial score (nSPS) is 11.7. The Kier molecular flexibility index (Phi) is 7.10. The van der Waals surface area contributed by atoms with Gasteiger partial charge in [-0.15, -0.1) is 11.8 Å². The van der Waals surface area contributed by atoms with E-state index in [2.05, 4.69) is 10.6 Å². The molecule has 0 saturated carbocycles. The summed E-state index contributed by atoms with van der Waals surface area (Å²) >= 11 is 1.50. The third kappa shape index (κ3) is 5.44. The van der Waals surface area contributed by atoms with E-state index in [9.17, 15) is 9.59 Å². The second kappa shape index (κ2) is 10.4. The van der Waals surface area contributed by atoms with Gasteiger partial charge in [0.1, 0.15) is 0 Å². The van der Waals surface area contributed by atoms with Crippen LogP contribution in [0.3, 0.4) is 0 Å². The molecule has 0 aliphatic heterocycles. The maximum Gasteiger partial charge on any atom is 0.255 e. The molecule has 4 rings (SSSR count). The van der Waals surface area contributed by atoms with Crippen molar-refractivity contribution < 1.29 is 9.59 Å². The Morgan fingerprint density at radius 3 is 2.39 bits per heavy atom. The highest BCUT2D eigenvalue weighted by atomic mass is 32.2. The molecule has 4 nitrogen and oxygen atoms in total. The van der Waals surface area contributed by atoms with Gasteiger partial charge < -0.3 is 10.6 Å². The summed E-state index contributed by atoms with van der Waals surface area (Å²) in [5, 5.41) is 7.92. The van der Waals surface area contributed by atoms with Crippen molar-refractivity contribution in [1.29, 1.82) is 0 Å². The molecule has 1 atom stereocenters. The highest BCUT2D eigenvalue weighted by molar-refractivity contribution is 8.00. The maximum atomic E-state index is 13.1. The molecular formula is C28H26N2O2S. The van der Waals surface area contributed by atoms with Gasteiger partial charge in [0.2, 0.25) is 5.91 Å². The van der Waals surface area contributed by atoms with E-state index in [0.717, 1.165) is 26.9 Å². The van der Waals surface area contributed by atoms with Crippen molar-refractivity contribution in [2.45, 2.75) is 30.4 Å². The molecule has 0 heterocycles. The van der Waals surface area contributed by atoms with Gasteiger partial charge in [-0.25, -0.2) is 0 Å². The van der Waals surface area contributed by atoms with Crippen LogP contribution < -0.4 is 10.6 Å². The molecule has 166 valence electrons. The number of benzene rings is 4. The van der Waals surface area contributed by atoms with E-state index in [1.165, 1.54) is 11.8 Å². The highest BCUT2D eigenvalue weighted by Crippen LogP contribution is 2.30. The summed E-state index contributed by atoms with van der Waals surface area (Å²) in [5.41, 5.74) is 3.10. The molecule has 4 aromatic carbocycles. The lowest BCUT2D eigenvalue weighted by Crippen LogP contribution is -2.24. The lowest BCUT2D eigenvalue weighted by Gasteiger charge is -2.16. The summed E-state index contributed by atoms with van der Waals surface area (Å²) in [6, 6.07) is 29.1. The van der Waals surface area contributed by atoms with Crippen LogP contribution in [0.15, 0.2) is 95.9 Å². The first-order chi connectivity index (χ1) is 16.0. The summed E-state index contributed by atoms with van der Waals surface area (Å²) in [7, 11) is 0. The summed E-state index contributed by atoms with van der Waals surface area (Å²) in [6.07, 6.45) is 0.682. The number of hydrogen-bond acceptors (Lipinski definition) is 3. The molecule has 0 spiro atoms. The molecule has 4 aromatic rings. The third-order valence-corrected chi connectivity index (χ3v) is 6.83. The van der Waals surface area contributed by atoms with Crippen LogP contribution >= 0.6 is 11.8 Å². The number of carbonyl (C=O) groups is 2. The van der Waals surface area contributed by atoms with Crippen molar-refractivity contribution in [3.05, 3.63) is 102 Å². The fourth-order valence-corrected chi connectivity index (χ4v) is 4.72. The van der Waals surface area contributed by atoms with Gasteiger partial charge >= 0.3 is 0 Å². The van der Waals surface area contributed by atoms with Crippen LogP contribution in [-0.4, -0.2) is 17.1 Å². The van der Waals surface area contributed by atoms with Gasteiger partial charge in [-0.05, 0) is 54.6 Å². The minimum atomic E-state index is -0.258. The molecule has 0 fully saturated rings. The van der Waals surface area contributed by atoms with E-state index in [1.54, 1.807) is 0 Å². The Bertz CT molecular complexity index is 1300. The quantitative estimate of drug-likeness (QED) is 0.298. The molecule has 1 unspecified atom stereocenters. The van der Waals surface area contributed by atoms with E-state index in [0.29, 0.717) is 17.7 Å². The van der Waals surface area contributed by atoms with E-state index in [-0.39, 0.29) is 17.1 Å². The third-order valence-electron chi connectivity index (χ3n) is 5.47. The Hall–Kier alpha value is -3.57. The highest BCUT2D eigenvalue weighted by Gasteiger charge is 2.19. The zero-order valence-corrected chi connectivity index (χ0v) is 19.5. The predicted octanol–water partition coefficient (Wildman–Crippen LogP) is 6.91. The summed E-state index contributed by atoms with van der Waals surface area (Å²) in [5.74, 6) is -0.177. The SMILES string of the molecule is CCC(Sc1cccc(NC(=O)c2ccccc2C)c1)C(=O)Nc1cccc2ccccc12. The molecule has 0 bridgehead atoms. The lowest BCUT2D eigenvalue weighted by atomic mass is 10.1. The van der Waals surface area contributed by atoms with Crippen molar-refractivity contribution in [3.63, 3.8) is 0 Å². The van der Waals surface area contributed by atoms with Gasteiger partial charge in [0.15, 0.2) is 0 Å². The molecule has 0 saturated heterocycles. The Labute approximate surface area is 198 Å². The van der Waals surface area contributed by atoms with Crippen molar-refractivity contribution in [2.24, 2.45) is 0 Å². The van der Waals surface area contributed by atoms with Crippen LogP contribution in [-0.2, 0) is 4.79 Å². The van der Waals surface area contributed by atoms with Crippen LogP contribution in [0.2, 0.25) is 0 Å². The van der Waals surface area contributed by atoms with Crippen molar-refractivity contribution in [2.75, 3.05) is 10.6 Å². The molecule has 2 N–H and O–H groups in total. The molecule has 0 aliphatic rings. The minimum Gasteiger partial charge on any atom is -0.325 e. The van der Waals surface area contributed by atoms with E-state index < -0.39 is 0 Å². The van der Waals surface area contributed by atoms with Crippen molar-refractivity contribution in [3.8, 4) is 0 Å². The van der Waals surface area contributed by atoms with Crippen LogP contribution in [0.1, 0.15) is 29.3 Å². The van der Waals surface area contributed by atoms with Gasteiger partial charge in [0, 0.05) is 27.2 Å². The summed E-state index contributed by atoms with van der Waals surface area (Å²) in [6.45, 7) is 3.92.